The molecule has 576 valence electrons. The van der Waals surface area contributed by atoms with Crippen molar-refractivity contribution in [2.24, 2.45) is 41.2 Å². The molecule has 0 radical (unpaired) electrons. The van der Waals surface area contributed by atoms with Gasteiger partial charge in [-0.3, -0.25) is 43.2 Å². The molecule has 35 heteroatoms. The molecule has 0 spiro atoms. The van der Waals surface area contributed by atoms with Crippen LogP contribution in [0, 0.1) is 5.92 Å². The number of carbonyl (C=O) groups excluding carboxylic acids is 9. The van der Waals surface area contributed by atoms with Crippen molar-refractivity contribution >= 4 is 76.2 Å². The smallest absolute Gasteiger partial charge is 0.291 e. The van der Waals surface area contributed by atoms with E-state index in [1.807, 2.05) is 36.1 Å². The van der Waals surface area contributed by atoms with Gasteiger partial charge in [0.25, 0.3) is 29.5 Å². The predicted molar refractivity (Wildman–Crippen MR) is 392 cm³/mol. The number of benzene rings is 2. The monoisotopic (exact) mass is 1480 g/mol. The van der Waals surface area contributed by atoms with Gasteiger partial charge in [0.2, 0.25) is 35.3 Å². The van der Waals surface area contributed by atoms with E-state index in [0.29, 0.717) is 120 Å². The maximum absolute atomic E-state index is 13.3. The molecule has 5 aromatic heterocycles. The fourth-order valence-corrected chi connectivity index (χ4v) is 11.8. The van der Waals surface area contributed by atoms with Gasteiger partial charge in [-0.25, -0.2) is 15.0 Å². The number of rotatable bonds is 40. The summed E-state index contributed by atoms with van der Waals surface area (Å²) < 4.78 is 54.5. The van der Waals surface area contributed by atoms with Gasteiger partial charge in [-0.15, -0.1) is 0 Å². The summed E-state index contributed by atoms with van der Waals surface area (Å²) in [5, 5.41) is 21.3. The average Bonchev–Trinajstić information content (AvgIpc) is 1.57. The Morgan fingerprint density at radius 3 is 1.64 bits per heavy atom. The van der Waals surface area contributed by atoms with E-state index < -0.39 is 41.4 Å². The third kappa shape index (κ3) is 23.7. The molecule has 0 bridgehead atoms. The number of imidazole rings is 3. The van der Waals surface area contributed by atoms with Gasteiger partial charge in [-0.1, -0.05) is 13.0 Å². The van der Waals surface area contributed by atoms with E-state index in [2.05, 4.69) is 75.5 Å². The predicted octanol–water partition coefficient (Wildman–Crippen LogP) is 3.49. The first kappa shape index (κ1) is 80.0. The molecular weight excluding hydrogens is 1390 g/mol. The van der Waals surface area contributed by atoms with E-state index in [9.17, 15) is 43.2 Å². The Labute approximate surface area is 618 Å². The Morgan fingerprint density at radius 2 is 1.07 bits per heavy atom. The molecule has 1 atom stereocenters. The zero-order chi connectivity index (χ0) is 76.4. The van der Waals surface area contributed by atoms with E-state index in [1.165, 1.54) is 55.2 Å². The van der Waals surface area contributed by atoms with Crippen molar-refractivity contribution in [3.8, 4) is 34.1 Å². The maximum atomic E-state index is 13.3. The van der Waals surface area contributed by atoms with Gasteiger partial charge in [-0.2, -0.15) is 0 Å². The number of aromatic nitrogens is 8. The molecule has 2 aromatic carbocycles. The Kier molecular flexibility index (Phi) is 29.8. The molecule has 2 aliphatic heterocycles. The number of carbonyl (C=O) groups is 9. The van der Waals surface area contributed by atoms with E-state index >= 15 is 0 Å². The first-order valence-corrected chi connectivity index (χ1v) is 35.3. The van der Waals surface area contributed by atoms with E-state index in [4.69, 9.17) is 37.9 Å². The Balaban J connectivity index is 0.570. The molecule has 0 saturated carbocycles. The van der Waals surface area contributed by atoms with Crippen molar-refractivity contribution in [2.45, 2.75) is 52.0 Å². The van der Waals surface area contributed by atoms with Crippen LogP contribution in [-0.4, -0.2) is 233 Å². The number of anilines is 4. The highest BCUT2D eigenvalue weighted by atomic mass is 16.6. The van der Waals surface area contributed by atoms with Crippen LogP contribution in [0.25, 0.3) is 11.1 Å². The van der Waals surface area contributed by atoms with Crippen molar-refractivity contribution in [1.82, 2.24) is 68.9 Å². The molecule has 9 rings (SSSR count). The quantitative estimate of drug-likeness (QED) is 0.0255. The van der Waals surface area contributed by atoms with E-state index in [0.717, 1.165) is 42.6 Å². The number of hydrogen-bond acceptors (Lipinski definition) is 21. The molecule has 35 nitrogen and oxygen atoms in total. The molecule has 0 aliphatic carbocycles. The van der Waals surface area contributed by atoms with E-state index in [-0.39, 0.29) is 110 Å². The van der Waals surface area contributed by atoms with Gasteiger partial charge in [0, 0.05) is 149 Å². The highest BCUT2D eigenvalue weighted by molar-refractivity contribution is 6.05. The van der Waals surface area contributed by atoms with Crippen LogP contribution in [0.4, 0.5) is 23.0 Å². The first-order chi connectivity index (χ1) is 51.6. The number of ether oxygens (including phenoxy) is 8. The van der Waals surface area contributed by atoms with Crippen LogP contribution in [0.5, 0.6) is 23.0 Å². The van der Waals surface area contributed by atoms with Gasteiger partial charge in [-0.05, 0) is 74.0 Å². The van der Waals surface area contributed by atoms with Crippen LogP contribution < -0.4 is 61.5 Å². The number of amides is 9. The molecule has 7 heterocycles. The van der Waals surface area contributed by atoms with Crippen LogP contribution >= 0.6 is 0 Å². The number of likely N-dealkylation sites (tertiary alicyclic amines) is 1. The second-order valence-electron chi connectivity index (χ2n) is 25.5. The maximum Gasteiger partial charge on any atom is 0.291 e. The largest absolute Gasteiger partial charge is 0.493 e. The van der Waals surface area contributed by atoms with Crippen LogP contribution in [0.2, 0.25) is 0 Å². The normalized spacial score (nSPS) is 13.5. The van der Waals surface area contributed by atoms with Gasteiger partial charge in [0.1, 0.15) is 24.6 Å². The van der Waals surface area contributed by atoms with Gasteiger partial charge < -0.3 is 113 Å². The molecule has 7 aromatic rings. The Morgan fingerprint density at radius 1 is 0.523 bits per heavy atom. The fraction of sp³-hybridized carbons (Fsp3) is 0.472. The lowest BCUT2D eigenvalue weighted by atomic mass is 9.99. The van der Waals surface area contributed by atoms with Crippen LogP contribution in [0.15, 0.2) is 79.6 Å². The summed E-state index contributed by atoms with van der Waals surface area (Å²) in [5.74, 6) is -0.647. The summed E-state index contributed by atoms with van der Waals surface area (Å²) in [4.78, 5) is 132. The fourth-order valence-electron chi connectivity index (χ4n) is 11.8. The van der Waals surface area contributed by atoms with Crippen molar-refractivity contribution in [3.63, 3.8) is 0 Å². The van der Waals surface area contributed by atoms with Crippen LogP contribution in [0.1, 0.15) is 104 Å². The van der Waals surface area contributed by atoms with Crippen molar-refractivity contribution in [1.29, 1.82) is 0 Å². The van der Waals surface area contributed by atoms with Gasteiger partial charge >= 0.3 is 0 Å². The van der Waals surface area contributed by atoms with Crippen molar-refractivity contribution in [3.05, 3.63) is 114 Å². The standard InChI is InChI=1S/C72H96N18O17/c1-9-63(94)90-24-26-106-64-50(41-90)35-49(37-57(64)107-46-47-11-10-22-84(2)40-47)48-12-13-55(56(36-48)100-8)105-34-33-104-32-31-103-30-29-102-28-27-101-25-21-73-60(91)14-17-77-70(97)66-82-58(44-88(66)6)80-61(92)15-18-76-69(96)54-39-52(43-87(54)5)79-72(99)67-83-59(45-89(67)7)81-62(93)16-19-75-68(95)53-38-51(42-86(53)4)78-71(98)65-74-20-23-85(65)3/h12-13,20,23,35-39,42-45,47H,9-11,14-19,21-22,24-34,40-41,46H2,1-8H3,(H,73,91)(H,75,95)(H,76,96)(H,77,97)(H,78,98)(H,79,99)(H,80,92)(H,81,93). The summed E-state index contributed by atoms with van der Waals surface area (Å²) in [6.07, 6.45) is 11.5. The van der Waals surface area contributed by atoms with Crippen LogP contribution in [0.3, 0.4) is 0 Å². The molecule has 1 unspecified atom stereocenters. The zero-order valence-electron chi connectivity index (χ0n) is 61.7. The summed E-state index contributed by atoms with van der Waals surface area (Å²) in [7, 11) is 11.8. The van der Waals surface area contributed by atoms with Crippen molar-refractivity contribution < 1.29 is 81.0 Å². The average molecular weight is 1490 g/mol. The van der Waals surface area contributed by atoms with Gasteiger partial charge in [0.05, 0.1) is 84.5 Å². The van der Waals surface area contributed by atoms with Crippen molar-refractivity contribution in [2.75, 3.05) is 154 Å². The number of nitrogens with one attached hydrogen (secondary N) is 8. The molecule has 2 aliphatic rings. The third-order valence-corrected chi connectivity index (χ3v) is 17.2. The molecule has 8 N–H and O–H groups in total. The Hall–Kier alpha value is -11.1. The third-order valence-electron chi connectivity index (χ3n) is 17.2. The molecular formula is C72H96N18O17. The van der Waals surface area contributed by atoms with Gasteiger partial charge in [0.15, 0.2) is 40.5 Å². The SMILES string of the molecule is CCC(=O)N1CCOc2c(cc(-c3ccc(OCCOCCOCCOCCOCCNC(=O)CCNC(=O)c4nc(NC(=O)CCNC(=O)c5cc(NC(=O)c6nc(NC(=O)CCNC(=O)c7cc(NC(=O)c8nccn8C)cn7C)cn6C)cn5C)cn4C)c(OC)c3)cc2OCC2CCCN(C)C2)C1. The number of aryl methyl sites for hydroxylation is 5. The van der Waals surface area contributed by atoms with Crippen LogP contribution in [-0.2, 0) is 79.9 Å². The minimum atomic E-state index is -0.639. The minimum absolute atomic E-state index is 0.00690. The molecule has 1 fully saturated rings. The minimum Gasteiger partial charge on any atom is -0.493 e. The lowest BCUT2D eigenvalue weighted by Crippen LogP contribution is -2.34. The summed E-state index contributed by atoms with van der Waals surface area (Å²) in [6, 6.07) is 12.8. The Bertz CT molecular complexity index is 4230. The second kappa shape index (κ2) is 39.8. The number of fused-ring (bicyclic) bond motifs is 1. The summed E-state index contributed by atoms with van der Waals surface area (Å²) >= 11 is 0. The molecule has 1 saturated heterocycles. The molecule has 9 amide bonds. The number of piperidine rings is 1. The number of nitrogens with zero attached hydrogens (tertiary/aromatic N) is 10. The highest BCUT2D eigenvalue weighted by Crippen LogP contribution is 2.41. The summed E-state index contributed by atoms with van der Waals surface area (Å²) in [6.45, 7) is 8.98. The second-order valence-corrected chi connectivity index (χ2v) is 25.5. The number of hydrogen-bond donors (Lipinski definition) is 8. The first-order valence-electron chi connectivity index (χ1n) is 35.3. The summed E-state index contributed by atoms with van der Waals surface area (Å²) in [5.41, 5.74) is 3.77. The highest BCUT2D eigenvalue weighted by Gasteiger charge is 2.27. The lowest BCUT2D eigenvalue weighted by molar-refractivity contribution is -0.131. The molecule has 107 heavy (non-hydrogen) atoms. The zero-order valence-corrected chi connectivity index (χ0v) is 61.7. The van der Waals surface area contributed by atoms with E-state index in [1.54, 1.807) is 59.3 Å². The lowest BCUT2D eigenvalue weighted by Gasteiger charge is -2.29. The topological polar surface area (TPSA) is 394 Å². The number of methoxy groups -OCH3 is 1.